The van der Waals surface area contributed by atoms with Crippen molar-refractivity contribution in [2.45, 2.75) is 25.9 Å². The van der Waals surface area contributed by atoms with Crippen molar-refractivity contribution in [2.24, 2.45) is 0 Å². The normalized spacial score (nSPS) is 15.4. The molecule has 0 aromatic heterocycles. The first-order valence-corrected chi connectivity index (χ1v) is 6.84. The van der Waals surface area contributed by atoms with E-state index in [1.807, 2.05) is 6.92 Å². The maximum absolute atomic E-state index is 11.5. The Morgan fingerprint density at radius 1 is 1.45 bits per heavy atom. The predicted octanol–water partition coefficient (Wildman–Crippen LogP) is 2.27. The van der Waals surface area contributed by atoms with Gasteiger partial charge in [-0.1, -0.05) is 18.5 Å². The Kier molecular flexibility index (Phi) is 4.73. The van der Waals surface area contributed by atoms with Gasteiger partial charge in [0.1, 0.15) is 0 Å². The second-order valence-corrected chi connectivity index (χ2v) is 4.82. The highest BCUT2D eigenvalue weighted by Gasteiger charge is 2.27. The number of carbonyl (C=O) groups excluding carboxylic acids is 1. The van der Waals surface area contributed by atoms with E-state index in [1.54, 1.807) is 0 Å². The van der Waals surface area contributed by atoms with Gasteiger partial charge < -0.3 is 19.3 Å². The number of benzene rings is 1. The van der Waals surface area contributed by atoms with Gasteiger partial charge in [-0.2, -0.15) is 0 Å². The summed E-state index contributed by atoms with van der Waals surface area (Å²) in [7, 11) is 1.22. The Balaban J connectivity index is 2.56. The second kappa shape index (κ2) is 6.33. The van der Waals surface area contributed by atoms with E-state index >= 15 is 0 Å². The Morgan fingerprint density at radius 2 is 2.10 bits per heavy atom. The summed E-state index contributed by atoms with van der Waals surface area (Å²) in [5.74, 6) is 0.252. The third-order valence-corrected chi connectivity index (χ3v) is 3.46. The number of methoxy groups -OCH3 is 1. The largest absolute Gasteiger partial charge is 0.489 e. The molecule has 1 atom stereocenters. The first kappa shape index (κ1) is 14.9. The van der Waals surface area contributed by atoms with Crippen LogP contribution in [-0.4, -0.2) is 31.4 Å². The average Bonchev–Trinajstić information content (AvgIpc) is 2.71. The minimum absolute atomic E-state index is 0.317. The van der Waals surface area contributed by atoms with Crippen LogP contribution < -0.4 is 9.47 Å². The van der Waals surface area contributed by atoms with E-state index < -0.39 is 12.1 Å². The molecule has 1 aromatic rings. The summed E-state index contributed by atoms with van der Waals surface area (Å²) < 4.78 is 15.8. The van der Waals surface area contributed by atoms with Crippen molar-refractivity contribution in [1.29, 1.82) is 0 Å². The number of halogens is 1. The van der Waals surface area contributed by atoms with E-state index in [1.165, 1.54) is 13.2 Å². The average molecular weight is 301 g/mol. The standard InChI is InChI=1S/C14H17ClO5/c1-3-8-9(11(16)14(17)18-2)7-10(15)13-12(8)19-5-4-6-20-13/h7,11,16H,3-6H2,1-2H3. The first-order valence-electron chi connectivity index (χ1n) is 6.46. The fourth-order valence-corrected chi connectivity index (χ4v) is 2.47. The molecule has 0 fully saturated rings. The Labute approximate surface area is 122 Å². The Hall–Kier alpha value is -1.46. The minimum atomic E-state index is -1.38. The van der Waals surface area contributed by atoms with Crippen LogP contribution in [0.15, 0.2) is 6.07 Å². The Morgan fingerprint density at radius 3 is 2.70 bits per heavy atom. The molecule has 20 heavy (non-hydrogen) atoms. The van der Waals surface area contributed by atoms with Crippen molar-refractivity contribution < 1.29 is 24.1 Å². The molecule has 2 rings (SSSR count). The minimum Gasteiger partial charge on any atom is -0.489 e. The molecule has 1 aliphatic heterocycles. The van der Waals surface area contributed by atoms with Crippen LogP contribution in [0.5, 0.6) is 11.5 Å². The van der Waals surface area contributed by atoms with Crippen LogP contribution in [0.2, 0.25) is 5.02 Å². The number of hydrogen-bond donors (Lipinski definition) is 1. The summed E-state index contributed by atoms with van der Waals surface area (Å²) in [6.45, 7) is 2.94. The zero-order valence-corrected chi connectivity index (χ0v) is 12.2. The van der Waals surface area contributed by atoms with Gasteiger partial charge in [-0.3, -0.25) is 0 Å². The van der Waals surface area contributed by atoms with Gasteiger partial charge in [0.25, 0.3) is 0 Å². The van der Waals surface area contributed by atoms with E-state index in [0.29, 0.717) is 47.3 Å². The lowest BCUT2D eigenvalue weighted by atomic mass is 9.98. The SMILES string of the molecule is CCc1c(C(O)C(=O)OC)cc(Cl)c2c1OCCCO2. The molecule has 110 valence electrons. The van der Waals surface area contributed by atoms with Crippen molar-refractivity contribution >= 4 is 17.6 Å². The lowest BCUT2D eigenvalue weighted by Crippen LogP contribution is -2.16. The monoisotopic (exact) mass is 300 g/mol. The maximum atomic E-state index is 11.5. The molecule has 0 radical (unpaired) electrons. The second-order valence-electron chi connectivity index (χ2n) is 4.41. The summed E-state index contributed by atoms with van der Waals surface area (Å²) in [6, 6.07) is 1.54. The molecule has 0 amide bonds. The van der Waals surface area contributed by atoms with Crippen molar-refractivity contribution in [3.63, 3.8) is 0 Å². The zero-order chi connectivity index (χ0) is 14.7. The highest BCUT2D eigenvalue weighted by Crippen LogP contribution is 2.43. The third kappa shape index (κ3) is 2.69. The third-order valence-electron chi connectivity index (χ3n) is 3.18. The van der Waals surface area contributed by atoms with Gasteiger partial charge in [0.15, 0.2) is 17.6 Å². The number of rotatable bonds is 3. The lowest BCUT2D eigenvalue weighted by Gasteiger charge is -2.19. The molecule has 0 spiro atoms. The molecule has 0 aliphatic carbocycles. The summed E-state index contributed by atoms with van der Waals surface area (Å²) in [5.41, 5.74) is 1.11. The number of ether oxygens (including phenoxy) is 3. The van der Waals surface area contributed by atoms with Crippen molar-refractivity contribution in [2.75, 3.05) is 20.3 Å². The first-order chi connectivity index (χ1) is 9.60. The highest BCUT2D eigenvalue weighted by atomic mass is 35.5. The number of aliphatic hydroxyl groups is 1. The van der Waals surface area contributed by atoms with Crippen LogP contribution in [0.3, 0.4) is 0 Å². The Bertz CT molecular complexity index is 515. The van der Waals surface area contributed by atoms with E-state index in [4.69, 9.17) is 21.1 Å². The quantitative estimate of drug-likeness (QED) is 0.868. The topological polar surface area (TPSA) is 65.0 Å². The van der Waals surface area contributed by atoms with Crippen molar-refractivity contribution in [1.82, 2.24) is 0 Å². The number of aliphatic hydroxyl groups excluding tert-OH is 1. The molecule has 0 saturated carbocycles. The van der Waals surface area contributed by atoms with Crippen LogP contribution in [-0.2, 0) is 16.0 Å². The number of fused-ring (bicyclic) bond motifs is 1. The molecule has 0 saturated heterocycles. The van der Waals surface area contributed by atoms with Crippen LogP contribution in [0.4, 0.5) is 0 Å². The smallest absolute Gasteiger partial charge is 0.339 e. The van der Waals surface area contributed by atoms with Gasteiger partial charge >= 0.3 is 5.97 Å². The van der Waals surface area contributed by atoms with E-state index in [9.17, 15) is 9.90 Å². The van der Waals surface area contributed by atoms with Crippen LogP contribution >= 0.6 is 11.6 Å². The molecule has 5 nitrogen and oxygen atoms in total. The van der Waals surface area contributed by atoms with E-state index in [2.05, 4.69) is 4.74 Å². The maximum Gasteiger partial charge on any atom is 0.339 e. The molecule has 0 bridgehead atoms. The molecule has 1 N–H and O–H groups in total. The van der Waals surface area contributed by atoms with Gasteiger partial charge in [0.2, 0.25) is 0 Å². The van der Waals surface area contributed by atoms with Gasteiger partial charge in [0, 0.05) is 17.5 Å². The number of esters is 1. The van der Waals surface area contributed by atoms with Crippen LogP contribution in [0.25, 0.3) is 0 Å². The van der Waals surface area contributed by atoms with E-state index in [-0.39, 0.29) is 0 Å². The molecule has 1 aromatic carbocycles. The zero-order valence-electron chi connectivity index (χ0n) is 11.4. The van der Waals surface area contributed by atoms with Gasteiger partial charge in [-0.25, -0.2) is 4.79 Å². The van der Waals surface area contributed by atoms with Gasteiger partial charge in [-0.05, 0) is 12.5 Å². The predicted molar refractivity (Wildman–Crippen MR) is 73.4 cm³/mol. The summed E-state index contributed by atoms with van der Waals surface area (Å²) in [6.07, 6.45) is -0.0560. The molecule has 1 aliphatic rings. The number of hydrogen-bond acceptors (Lipinski definition) is 5. The summed E-state index contributed by atoms with van der Waals surface area (Å²) in [4.78, 5) is 11.5. The summed E-state index contributed by atoms with van der Waals surface area (Å²) in [5, 5.41) is 10.4. The molecule has 6 heteroatoms. The molecular weight excluding hydrogens is 284 g/mol. The highest BCUT2D eigenvalue weighted by molar-refractivity contribution is 6.32. The van der Waals surface area contributed by atoms with Crippen LogP contribution in [0, 0.1) is 0 Å². The molecule has 1 unspecified atom stereocenters. The van der Waals surface area contributed by atoms with Crippen molar-refractivity contribution in [3.05, 3.63) is 22.2 Å². The van der Waals surface area contributed by atoms with E-state index in [0.717, 1.165) is 6.42 Å². The molecular formula is C14H17ClO5. The van der Waals surface area contributed by atoms with Gasteiger partial charge in [0.05, 0.1) is 25.3 Å². The fraction of sp³-hybridized carbons (Fsp3) is 0.500. The lowest BCUT2D eigenvalue weighted by molar-refractivity contribution is -0.150. The summed E-state index contributed by atoms with van der Waals surface area (Å²) >= 11 is 6.17. The number of carbonyl (C=O) groups is 1. The van der Waals surface area contributed by atoms with Gasteiger partial charge in [-0.15, -0.1) is 0 Å². The van der Waals surface area contributed by atoms with Crippen LogP contribution in [0.1, 0.15) is 30.6 Å². The molecule has 1 heterocycles. The fourth-order valence-electron chi connectivity index (χ4n) is 2.21. The van der Waals surface area contributed by atoms with Crippen molar-refractivity contribution in [3.8, 4) is 11.5 Å².